The Hall–Kier alpha value is -4.12. The number of likely N-dealkylation sites (tertiary alicyclic amines) is 1. The van der Waals surface area contributed by atoms with Crippen molar-refractivity contribution < 1.29 is 18.0 Å². The summed E-state index contributed by atoms with van der Waals surface area (Å²) < 4.78 is 41.4. The van der Waals surface area contributed by atoms with E-state index in [4.69, 9.17) is 4.98 Å². The Balaban J connectivity index is 1.32. The van der Waals surface area contributed by atoms with Crippen LogP contribution in [-0.4, -0.2) is 68.8 Å². The Morgan fingerprint density at radius 1 is 1.10 bits per heavy atom. The van der Waals surface area contributed by atoms with Gasteiger partial charge in [-0.15, -0.1) is 0 Å². The zero-order valence-corrected chi connectivity index (χ0v) is 23.1. The number of alkyl halides is 2. The Morgan fingerprint density at radius 3 is 2.63 bits per heavy atom. The third-order valence-electron chi connectivity index (χ3n) is 7.90. The Kier molecular flexibility index (Phi) is 6.64. The molecule has 2 aliphatic rings. The second-order valence-corrected chi connectivity index (χ2v) is 11.2. The number of pyridine rings is 1. The summed E-state index contributed by atoms with van der Waals surface area (Å²) in [5.41, 5.74) is 4.53. The second kappa shape index (κ2) is 10.1. The molecule has 8 nitrogen and oxygen atoms in total. The van der Waals surface area contributed by atoms with Gasteiger partial charge in [0.05, 0.1) is 23.3 Å². The lowest BCUT2D eigenvalue weighted by molar-refractivity contribution is 0.0116. The predicted molar refractivity (Wildman–Crippen MR) is 151 cm³/mol. The SMILES string of the molecule is Cc1ccc(F)cc1N(c1cc[nH]c(=O)c1-c1nc2cc3c(cc2[nH]1)CN(CCN1CCC(F)(F)C1)C3=O)C(C)C. The summed E-state index contributed by atoms with van der Waals surface area (Å²) in [4.78, 5) is 42.3. The maximum absolute atomic E-state index is 14.3. The van der Waals surface area contributed by atoms with Crippen molar-refractivity contribution in [3.05, 3.63) is 75.5 Å². The number of amides is 1. The number of nitrogens with zero attached hydrogens (tertiary/aromatic N) is 4. The highest BCUT2D eigenvalue weighted by Crippen LogP contribution is 2.37. The summed E-state index contributed by atoms with van der Waals surface area (Å²) in [6.07, 6.45) is 1.40. The van der Waals surface area contributed by atoms with Gasteiger partial charge < -0.3 is 19.8 Å². The average molecular weight is 565 g/mol. The molecule has 2 aromatic heterocycles. The number of H-pyrrole nitrogens is 2. The number of hydrogen-bond donors (Lipinski definition) is 2. The van der Waals surface area contributed by atoms with Gasteiger partial charge in [0, 0.05) is 56.1 Å². The van der Waals surface area contributed by atoms with E-state index in [0.29, 0.717) is 65.5 Å². The van der Waals surface area contributed by atoms with E-state index in [1.54, 1.807) is 34.2 Å². The predicted octanol–water partition coefficient (Wildman–Crippen LogP) is 5.21. The molecule has 11 heteroatoms. The first-order valence-corrected chi connectivity index (χ1v) is 13.7. The van der Waals surface area contributed by atoms with Crippen LogP contribution in [0.15, 0.2) is 47.4 Å². The van der Waals surface area contributed by atoms with Crippen LogP contribution in [0.1, 0.15) is 41.8 Å². The molecule has 0 aliphatic carbocycles. The van der Waals surface area contributed by atoms with Crippen molar-refractivity contribution in [1.82, 2.24) is 24.8 Å². The summed E-state index contributed by atoms with van der Waals surface area (Å²) in [6.45, 7) is 7.00. The second-order valence-electron chi connectivity index (χ2n) is 11.2. The van der Waals surface area contributed by atoms with Crippen molar-refractivity contribution in [2.24, 2.45) is 0 Å². The summed E-state index contributed by atoms with van der Waals surface area (Å²) in [5, 5.41) is 0. The number of benzene rings is 2. The van der Waals surface area contributed by atoms with Crippen LogP contribution in [0.3, 0.4) is 0 Å². The molecule has 0 bridgehead atoms. The fraction of sp³-hybridized carbons (Fsp3) is 0.367. The van der Waals surface area contributed by atoms with E-state index in [1.807, 2.05) is 31.7 Å². The van der Waals surface area contributed by atoms with Crippen LogP contribution < -0.4 is 10.5 Å². The maximum Gasteiger partial charge on any atom is 0.261 e. The number of imidazole rings is 1. The largest absolute Gasteiger partial charge is 0.338 e. The maximum atomic E-state index is 14.3. The van der Waals surface area contributed by atoms with Crippen LogP contribution in [0.5, 0.6) is 0 Å². The Bertz CT molecular complexity index is 1710. The number of aromatic nitrogens is 3. The minimum atomic E-state index is -2.66. The van der Waals surface area contributed by atoms with Crippen molar-refractivity contribution in [2.75, 3.05) is 31.1 Å². The lowest BCUT2D eigenvalue weighted by atomic mass is 10.1. The van der Waals surface area contributed by atoms with Crippen molar-refractivity contribution in [3.8, 4) is 11.4 Å². The molecular weight excluding hydrogens is 533 g/mol. The molecule has 1 saturated heterocycles. The number of anilines is 2. The minimum Gasteiger partial charge on any atom is -0.338 e. The molecule has 0 spiro atoms. The molecule has 0 radical (unpaired) electrons. The standard InChI is InChI=1S/C30H31F3N6O2/c1-17(2)39(25-13-20(31)5-4-18(25)3)24-6-8-34-28(40)26(24)27-35-22-12-19-15-38(29(41)21(19)14-23(22)36-27)11-10-37-9-7-30(32,33)16-37/h4-6,8,12-14,17H,7,9-11,15-16H2,1-3H3,(H,34,40)(H,35,36). The number of nitrogens with one attached hydrogen (secondary N) is 2. The molecular formula is C30H31F3N6O2. The van der Waals surface area contributed by atoms with Crippen molar-refractivity contribution in [2.45, 2.75) is 45.7 Å². The quantitative estimate of drug-likeness (QED) is 0.322. The van der Waals surface area contributed by atoms with Crippen LogP contribution in [-0.2, 0) is 6.54 Å². The number of aromatic amines is 2. The minimum absolute atomic E-state index is 0.111. The molecule has 2 aliphatic heterocycles. The fourth-order valence-corrected chi connectivity index (χ4v) is 5.86. The van der Waals surface area contributed by atoms with E-state index < -0.39 is 5.92 Å². The number of aryl methyl sites for hydroxylation is 1. The summed E-state index contributed by atoms with van der Waals surface area (Å²) in [7, 11) is 0. The van der Waals surface area contributed by atoms with Gasteiger partial charge in [-0.3, -0.25) is 14.5 Å². The average Bonchev–Trinajstić information content (AvgIpc) is 3.57. The highest BCUT2D eigenvalue weighted by atomic mass is 19.3. The molecule has 0 atom stereocenters. The van der Waals surface area contributed by atoms with Crippen LogP contribution in [0.4, 0.5) is 24.5 Å². The van der Waals surface area contributed by atoms with Gasteiger partial charge in [0.2, 0.25) is 0 Å². The van der Waals surface area contributed by atoms with E-state index >= 15 is 0 Å². The number of carbonyl (C=O) groups excluding carboxylic acids is 1. The molecule has 0 unspecified atom stereocenters. The molecule has 6 rings (SSSR count). The van der Waals surface area contributed by atoms with Gasteiger partial charge in [-0.25, -0.2) is 18.2 Å². The number of carbonyl (C=O) groups is 1. The van der Waals surface area contributed by atoms with Gasteiger partial charge in [-0.05, 0) is 62.2 Å². The summed E-state index contributed by atoms with van der Waals surface area (Å²) >= 11 is 0. The molecule has 4 heterocycles. The van der Waals surface area contributed by atoms with E-state index in [0.717, 1.165) is 11.1 Å². The molecule has 4 aromatic rings. The van der Waals surface area contributed by atoms with Crippen molar-refractivity contribution >= 4 is 28.3 Å². The topological polar surface area (TPSA) is 88.3 Å². The smallest absolute Gasteiger partial charge is 0.261 e. The lowest BCUT2D eigenvalue weighted by Crippen LogP contribution is -2.35. The van der Waals surface area contributed by atoms with Gasteiger partial charge in [0.15, 0.2) is 0 Å². The first-order chi connectivity index (χ1) is 19.5. The first-order valence-electron chi connectivity index (χ1n) is 13.7. The highest BCUT2D eigenvalue weighted by molar-refractivity contribution is 6.02. The van der Waals surface area contributed by atoms with Gasteiger partial charge in [0.1, 0.15) is 17.2 Å². The zero-order chi connectivity index (χ0) is 29.1. The zero-order valence-electron chi connectivity index (χ0n) is 23.1. The number of halogens is 3. The van der Waals surface area contributed by atoms with E-state index in [9.17, 15) is 22.8 Å². The first kappa shape index (κ1) is 27.1. The van der Waals surface area contributed by atoms with Crippen molar-refractivity contribution in [3.63, 3.8) is 0 Å². The number of hydrogen-bond acceptors (Lipinski definition) is 5. The van der Waals surface area contributed by atoms with E-state index in [2.05, 4.69) is 9.97 Å². The number of fused-ring (bicyclic) bond motifs is 2. The van der Waals surface area contributed by atoms with Crippen LogP contribution in [0.25, 0.3) is 22.4 Å². The molecule has 2 aromatic carbocycles. The van der Waals surface area contributed by atoms with Crippen LogP contribution in [0, 0.1) is 12.7 Å². The van der Waals surface area contributed by atoms with E-state index in [1.165, 1.54) is 12.1 Å². The van der Waals surface area contributed by atoms with Crippen molar-refractivity contribution in [1.29, 1.82) is 0 Å². The summed E-state index contributed by atoms with van der Waals surface area (Å²) in [5.74, 6) is -2.87. The Labute approximate surface area is 234 Å². The molecule has 214 valence electrons. The summed E-state index contributed by atoms with van der Waals surface area (Å²) in [6, 6.07) is 9.79. The monoisotopic (exact) mass is 564 g/mol. The molecule has 1 fully saturated rings. The fourth-order valence-electron chi connectivity index (χ4n) is 5.86. The third-order valence-corrected chi connectivity index (χ3v) is 7.90. The molecule has 0 saturated carbocycles. The van der Waals surface area contributed by atoms with Gasteiger partial charge in [-0.2, -0.15) is 0 Å². The third kappa shape index (κ3) is 4.99. The number of rotatable bonds is 7. The molecule has 41 heavy (non-hydrogen) atoms. The Morgan fingerprint density at radius 2 is 1.90 bits per heavy atom. The lowest BCUT2D eigenvalue weighted by Gasteiger charge is -2.31. The normalized spacial score (nSPS) is 16.8. The molecule has 2 N–H and O–H groups in total. The van der Waals surface area contributed by atoms with E-state index in [-0.39, 0.29) is 36.3 Å². The van der Waals surface area contributed by atoms with Gasteiger partial charge in [-0.1, -0.05) is 6.07 Å². The highest BCUT2D eigenvalue weighted by Gasteiger charge is 2.38. The van der Waals surface area contributed by atoms with Crippen LogP contribution in [0.2, 0.25) is 0 Å². The van der Waals surface area contributed by atoms with Gasteiger partial charge in [0.25, 0.3) is 17.4 Å². The molecule has 1 amide bonds. The van der Waals surface area contributed by atoms with Crippen LogP contribution >= 0.6 is 0 Å². The van der Waals surface area contributed by atoms with Gasteiger partial charge >= 0.3 is 0 Å².